The molecule has 108 valence electrons. The summed E-state index contributed by atoms with van der Waals surface area (Å²) in [5.74, 6) is -1.03. The maximum Gasteiger partial charge on any atom is 0.179 e. The van der Waals surface area contributed by atoms with E-state index >= 15 is 0 Å². The molecule has 1 aromatic carbocycles. The van der Waals surface area contributed by atoms with Crippen LogP contribution in [0.2, 0.25) is 0 Å². The molecule has 4 heteroatoms. The number of benzene rings is 1. The third-order valence-electron chi connectivity index (χ3n) is 3.81. The van der Waals surface area contributed by atoms with Crippen LogP contribution in [0.15, 0.2) is 22.7 Å². The number of halogens is 1. The Kier molecular flexibility index (Phi) is 4.17. The summed E-state index contributed by atoms with van der Waals surface area (Å²) in [6.45, 7) is 7.20. The molecule has 0 bridgehead atoms. The standard InChI is InChI=1S/C16H19BrO3/c1-5-10-6-7-11(17)8-12(10)13-14(18)9(2)20-16(3,4)15(13)19/h6-9,13H,5H2,1-4H3. The summed E-state index contributed by atoms with van der Waals surface area (Å²) in [4.78, 5) is 25.1. The Morgan fingerprint density at radius 2 is 1.95 bits per heavy atom. The minimum Gasteiger partial charge on any atom is -0.357 e. The smallest absolute Gasteiger partial charge is 0.179 e. The zero-order valence-corrected chi connectivity index (χ0v) is 13.8. The second kappa shape index (κ2) is 5.41. The second-order valence-electron chi connectivity index (χ2n) is 5.67. The molecule has 1 aromatic rings. The Morgan fingerprint density at radius 1 is 1.30 bits per heavy atom. The van der Waals surface area contributed by atoms with Gasteiger partial charge in [-0.1, -0.05) is 28.9 Å². The van der Waals surface area contributed by atoms with Crippen molar-refractivity contribution >= 4 is 27.5 Å². The van der Waals surface area contributed by atoms with Gasteiger partial charge in [-0.25, -0.2) is 0 Å². The molecule has 3 nitrogen and oxygen atoms in total. The van der Waals surface area contributed by atoms with Gasteiger partial charge in [0.2, 0.25) is 0 Å². The van der Waals surface area contributed by atoms with Crippen molar-refractivity contribution in [3.8, 4) is 0 Å². The van der Waals surface area contributed by atoms with Gasteiger partial charge in [-0.3, -0.25) is 9.59 Å². The summed E-state index contributed by atoms with van der Waals surface area (Å²) >= 11 is 3.42. The molecule has 2 atom stereocenters. The summed E-state index contributed by atoms with van der Waals surface area (Å²) in [6, 6.07) is 5.78. The lowest BCUT2D eigenvalue weighted by Gasteiger charge is -2.37. The first-order valence-electron chi connectivity index (χ1n) is 6.82. The lowest BCUT2D eigenvalue weighted by Crippen LogP contribution is -2.52. The monoisotopic (exact) mass is 338 g/mol. The summed E-state index contributed by atoms with van der Waals surface area (Å²) < 4.78 is 6.42. The summed E-state index contributed by atoms with van der Waals surface area (Å²) in [5, 5.41) is 0. The Labute approximate surface area is 127 Å². The average Bonchev–Trinajstić information content (AvgIpc) is 2.37. The lowest BCUT2D eigenvalue weighted by atomic mass is 9.77. The Bertz CT molecular complexity index is 563. The first kappa shape index (κ1) is 15.4. The maximum absolute atomic E-state index is 12.6. The maximum atomic E-state index is 12.6. The first-order chi connectivity index (χ1) is 9.27. The van der Waals surface area contributed by atoms with Crippen molar-refractivity contribution in [1.29, 1.82) is 0 Å². The van der Waals surface area contributed by atoms with Crippen molar-refractivity contribution in [1.82, 2.24) is 0 Å². The van der Waals surface area contributed by atoms with E-state index in [1.807, 2.05) is 25.1 Å². The molecule has 0 aliphatic carbocycles. The quantitative estimate of drug-likeness (QED) is 0.776. The highest BCUT2D eigenvalue weighted by molar-refractivity contribution is 9.10. The average molecular weight is 339 g/mol. The molecule has 0 saturated carbocycles. The van der Waals surface area contributed by atoms with Crippen LogP contribution in [0.1, 0.15) is 44.7 Å². The molecule has 2 rings (SSSR count). The number of ether oxygens (including phenoxy) is 1. The molecule has 2 unspecified atom stereocenters. The highest BCUT2D eigenvalue weighted by atomic mass is 79.9. The van der Waals surface area contributed by atoms with Crippen LogP contribution in [0.25, 0.3) is 0 Å². The molecule has 1 aliphatic heterocycles. The number of hydrogen-bond acceptors (Lipinski definition) is 3. The second-order valence-corrected chi connectivity index (χ2v) is 6.58. The molecule has 0 aromatic heterocycles. The third kappa shape index (κ3) is 2.59. The number of rotatable bonds is 2. The molecule has 0 amide bonds. The Hall–Kier alpha value is -1.00. The fourth-order valence-corrected chi connectivity index (χ4v) is 3.10. The van der Waals surface area contributed by atoms with Gasteiger partial charge in [0.15, 0.2) is 11.6 Å². The predicted octanol–water partition coefficient (Wildman–Crippen LogP) is 3.43. The van der Waals surface area contributed by atoms with E-state index in [0.29, 0.717) is 0 Å². The van der Waals surface area contributed by atoms with E-state index in [2.05, 4.69) is 15.9 Å². The van der Waals surface area contributed by atoms with Crippen molar-refractivity contribution in [2.24, 2.45) is 0 Å². The van der Waals surface area contributed by atoms with Crippen LogP contribution in [0.4, 0.5) is 0 Å². The summed E-state index contributed by atoms with van der Waals surface area (Å²) in [7, 11) is 0. The van der Waals surface area contributed by atoms with Gasteiger partial charge in [0.1, 0.15) is 17.6 Å². The SMILES string of the molecule is CCc1ccc(Br)cc1C1C(=O)C(C)OC(C)(C)C1=O. The topological polar surface area (TPSA) is 43.4 Å². The van der Waals surface area contributed by atoms with Gasteiger partial charge in [0.05, 0.1) is 0 Å². The van der Waals surface area contributed by atoms with Crippen LogP contribution in [0.3, 0.4) is 0 Å². The van der Waals surface area contributed by atoms with E-state index in [1.165, 1.54) is 0 Å². The summed E-state index contributed by atoms with van der Waals surface area (Å²) in [6.07, 6.45) is 0.228. The molecule has 0 spiro atoms. The van der Waals surface area contributed by atoms with E-state index < -0.39 is 17.6 Å². The van der Waals surface area contributed by atoms with Gasteiger partial charge in [-0.2, -0.15) is 0 Å². The predicted molar refractivity (Wildman–Crippen MR) is 80.9 cm³/mol. The Morgan fingerprint density at radius 3 is 2.55 bits per heavy atom. The van der Waals surface area contributed by atoms with E-state index in [0.717, 1.165) is 22.0 Å². The van der Waals surface area contributed by atoms with Crippen LogP contribution in [0, 0.1) is 0 Å². The van der Waals surface area contributed by atoms with Gasteiger partial charge >= 0.3 is 0 Å². The van der Waals surface area contributed by atoms with Gasteiger partial charge in [-0.15, -0.1) is 0 Å². The number of Topliss-reactive ketones (excluding diaryl/α,β-unsaturated/α-hetero) is 2. The largest absolute Gasteiger partial charge is 0.357 e. The highest BCUT2D eigenvalue weighted by Gasteiger charge is 2.48. The van der Waals surface area contributed by atoms with Gasteiger partial charge in [0, 0.05) is 4.47 Å². The fourth-order valence-electron chi connectivity index (χ4n) is 2.72. The minimum absolute atomic E-state index is 0.151. The molecule has 1 saturated heterocycles. The van der Waals surface area contributed by atoms with Gasteiger partial charge < -0.3 is 4.74 Å². The molecule has 0 N–H and O–H groups in total. The lowest BCUT2D eigenvalue weighted by molar-refractivity contribution is -0.168. The van der Waals surface area contributed by atoms with Gasteiger partial charge in [-0.05, 0) is 50.5 Å². The van der Waals surface area contributed by atoms with Crippen molar-refractivity contribution in [2.75, 3.05) is 0 Å². The molecule has 1 fully saturated rings. The normalized spacial score (nSPS) is 25.9. The van der Waals surface area contributed by atoms with E-state index in [4.69, 9.17) is 4.74 Å². The first-order valence-corrected chi connectivity index (χ1v) is 7.61. The van der Waals surface area contributed by atoms with Gasteiger partial charge in [0.25, 0.3) is 0 Å². The van der Waals surface area contributed by atoms with Crippen LogP contribution in [-0.4, -0.2) is 23.3 Å². The van der Waals surface area contributed by atoms with Crippen LogP contribution in [0.5, 0.6) is 0 Å². The van der Waals surface area contributed by atoms with Crippen molar-refractivity contribution in [3.63, 3.8) is 0 Å². The number of hydrogen-bond donors (Lipinski definition) is 0. The molecular weight excluding hydrogens is 320 g/mol. The highest BCUT2D eigenvalue weighted by Crippen LogP contribution is 2.36. The van der Waals surface area contributed by atoms with E-state index in [-0.39, 0.29) is 11.6 Å². The number of carbonyl (C=O) groups is 2. The minimum atomic E-state index is -0.925. The number of aryl methyl sites for hydroxylation is 1. The number of carbonyl (C=O) groups excluding carboxylic acids is 2. The van der Waals surface area contributed by atoms with Crippen molar-refractivity contribution < 1.29 is 14.3 Å². The van der Waals surface area contributed by atoms with Crippen LogP contribution in [-0.2, 0) is 20.7 Å². The molecule has 1 aliphatic rings. The molecule has 1 heterocycles. The fraction of sp³-hybridized carbons (Fsp3) is 0.500. The zero-order chi connectivity index (χ0) is 15.1. The van der Waals surface area contributed by atoms with Crippen molar-refractivity contribution in [2.45, 2.75) is 51.7 Å². The molecule has 0 radical (unpaired) electrons. The van der Waals surface area contributed by atoms with Crippen molar-refractivity contribution in [3.05, 3.63) is 33.8 Å². The Balaban J connectivity index is 2.56. The zero-order valence-electron chi connectivity index (χ0n) is 12.2. The molecular formula is C16H19BrO3. The van der Waals surface area contributed by atoms with Crippen LogP contribution >= 0.6 is 15.9 Å². The molecule has 20 heavy (non-hydrogen) atoms. The number of ketones is 2. The van der Waals surface area contributed by atoms with E-state index in [1.54, 1.807) is 20.8 Å². The summed E-state index contributed by atoms with van der Waals surface area (Å²) in [5.41, 5.74) is 0.913. The van der Waals surface area contributed by atoms with Crippen LogP contribution < -0.4 is 0 Å². The van der Waals surface area contributed by atoms with E-state index in [9.17, 15) is 9.59 Å². The third-order valence-corrected chi connectivity index (χ3v) is 4.31.